The van der Waals surface area contributed by atoms with Crippen molar-refractivity contribution in [2.24, 2.45) is 0 Å². The Labute approximate surface area is 184 Å². The minimum absolute atomic E-state index is 0. The highest BCUT2D eigenvalue weighted by Gasteiger charge is 2.34. The number of alkyl halides is 3. The fourth-order valence-corrected chi connectivity index (χ4v) is 4.19. The quantitative estimate of drug-likeness (QED) is 0.533. The smallest absolute Gasteiger partial charge is 0.369 e. The number of anilines is 1. The van der Waals surface area contributed by atoms with Crippen molar-refractivity contribution in [2.45, 2.75) is 32.5 Å². The molecule has 2 heterocycles. The van der Waals surface area contributed by atoms with Gasteiger partial charge in [0.2, 0.25) is 0 Å². The van der Waals surface area contributed by atoms with Gasteiger partial charge in [0.15, 0.2) is 0 Å². The van der Waals surface area contributed by atoms with Crippen LogP contribution in [-0.2, 0) is 19.1 Å². The van der Waals surface area contributed by atoms with Crippen LogP contribution in [0.4, 0.5) is 18.9 Å². The van der Waals surface area contributed by atoms with E-state index in [9.17, 15) is 13.2 Å². The zero-order valence-corrected chi connectivity index (χ0v) is 18.5. The van der Waals surface area contributed by atoms with E-state index in [1.54, 1.807) is 17.4 Å². The van der Waals surface area contributed by atoms with Crippen molar-refractivity contribution >= 4 is 53.4 Å². The molecule has 1 aliphatic heterocycles. The molecular formula is C18H23Cl3F3N3S. The van der Waals surface area contributed by atoms with Crippen molar-refractivity contribution in [3.8, 4) is 0 Å². The molecule has 0 spiro atoms. The van der Waals surface area contributed by atoms with E-state index in [4.69, 9.17) is 11.6 Å². The molecule has 0 amide bonds. The van der Waals surface area contributed by atoms with Crippen LogP contribution in [0.1, 0.15) is 29.6 Å². The fourth-order valence-electron chi connectivity index (χ4n) is 3.07. The third-order valence-electron chi connectivity index (χ3n) is 4.44. The second-order valence-corrected chi connectivity index (χ2v) is 7.76. The maximum Gasteiger partial charge on any atom is 0.417 e. The Bertz CT molecular complexity index is 747. The second-order valence-electron chi connectivity index (χ2n) is 6.41. The van der Waals surface area contributed by atoms with Gasteiger partial charge in [0.05, 0.1) is 21.3 Å². The first-order chi connectivity index (χ1) is 12.4. The summed E-state index contributed by atoms with van der Waals surface area (Å²) < 4.78 is 39.1. The Hall–Kier alpha value is -0.730. The Morgan fingerprint density at radius 3 is 2.43 bits per heavy atom. The number of nitrogens with zero attached hydrogens (tertiary/aromatic N) is 3. The third kappa shape index (κ3) is 6.39. The SMILES string of the molecule is CCCc1nc(CN2CCN(c3ccc(Cl)c(C(F)(F)F)c3)CC2)cs1.Cl.Cl. The largest absolute Gasteiger partial charge is 0.417 e. The van der Waals surface area contributed by atoms with Crippen LogP contribution in [0.15, 0.2) is 23.6 Å². The number of piperazine rings is 1. The predicted octanol–water partition coefficient (Wildman–Crippen LogP) is 5.93. The lowest BCUT2D eigenvalue weighted by Gasteiger charge is -2.36. The molecule has 3 nitrogen and oxygen atoms in total. The zero-order chi connectivity index (χ0) is 18.7. The van der Waals surface area contributed by atoms with E-state index in [0.29, 0.717) is 18.8 Å². The summed E-state index contributed by atoms with van der Waals surface area (Å²) in [5.74, 6) is 0. The van der Waals surface area contributed by atoms with E-state index < -0.39 is 11.7 Å². The summed E-state index contributed by atoms with van der Waals surface area (Å²) in [5, 5.41) is 3.01. The molecule has 28 heavy (non-hydrogen) atoms. The van der Waals surface area contributed by atoms with Gasteiger partial charge in [0, 0.05) is 43.8 Å². The highest BCUT2D eigenvalue weighted by Crippen LogP contribution is 2.37. The maximum absolute atomic E-state index is 13.0. The maximum atomic E-state index is 13.0. The van der Waals surface area contributed by atoms with Gasteiger partial charge in [-0.3, -0.25) is 4.90 Å². The van der Waals surface area contributed by atoms with E-state index in [1.165, 1.54) is 11.1 Å². The average molecular weight is 477 g/mol. The number of rotatable bonds is 5. The number of halogens is 6. The number of aryl methyl sites for hydroxylation is 1. The van der Waals surface area contributed by atoms with Gasteiger partial charge in [-0.1, -0.05) is 18.5 Å². The van der Waals surface area contributed by atoms with Crippen molar-refractivity contribution in [2.75, 3.05) is 31.1 Å². The van der Waals surface area contributed by atoms with E-state index in [2.05, 4.69) is 22.2 Å². The van der Waals surface area contributed by atoms with Gasteiger partial charge >= 0.3 is 6.18 Å². The van der Waals surface area contributed by atoms with Gasteiger partial charge < -0.3 is 4.90 Å². The van der Waals surface area contributed by atoms with E-state index >= 15 is 0 Å². The molecule has 0 aliphatic carbocycles. The zero-order valence-electron chi connectivity index (χ0n) is 15.3. The van der Waals surface area contributed by atoms with E-state index in [0.717, 1.165) is 44.2 Å². The number of aromatic nitrogens is 1. The van der Waals surface area contributed by atoms with Crippen LogP contribution in [0.3, 0.4) is 0 Å². The molecule has 0 radical (unpaired) electrons. The van der Waals surface area contributed by atoms with Crippen LogP contribution >= 0.6 is 47.8 Å². The van der Waals surface area contributed by atoms with Crippen molar-refractivity contribution in [3.05, 3.63) is 44.9 Å². The summed E-state index contributed by atoms with van der Waals surface area (Å²) in [4.78, 5) is 8.91. The highest BCUT2D eigenvalue weighted by atomic mass is 35.5. The summed E-state index contributed by atoms with van der Waals surface area (Å²) in [7, 11) is 0. The van der Waals surface area contributed by atoms with E-state index in [1.807, 2.05) is 4.90 Å². The minimum Gasteiger partial charge on any atom is -0.369 e. The van der Waals surface area contributed by atoms with Crippen LogP contribution in [0.25, 0.3) is 0 Å². The Kier molecular flexibility index (Phi) is 9.83. The monoisotopic (exact) mass is 475 g/mol. The van der Waals surface area contributed by atoms with Crippen molar-refractivity contribution in [3.63, 3.8) is 0 Å². The van der Waals surface area contributed by atoms with Gasteiger partial charge in [-0.15, -0.1) is 36.2 Å². The molecule has 3 rings (SSSR count). The number of benzene rings is 1. The van der Waals surface area contributed by atoms with E-state index in [-0.39, 0.29) is 29.8 Å². The Morgan fingerprint density at radius 1 is 1.14 bits per heavy atom. The molecule has 0 saturated carbocycles. The molecule has 158 valence electrons. The molecule has 0 N–H and O–H groups in total. The van der Waals surface area contributed by atoms with Gasteiger partial charge in [0.1, 0.15) is 0 Å². The average Bonchev–Trinajstić information content (AvgIpc) is 3.02. The predicted molar refractivity (Wildman–Crippen MR) is 115 cm³/mol. The van der Waals surface area contributed by atoms with Crippen LogP contribution < -0.4 is 4.90 Å². The molecule has 2 aromatic rings. The van der Waals surface area contributed by atoms with Crippen LogP contribution in [0.2, 0.25) is 5.02 Å². The Balaban J connectivity index is 0.00000196. The molecule has 1 aromatic carbocycles. The van der Waals surface area contributed by atoms with Crippen molar-refractivity contribution < 1.29 is 13.2 Å². The standard InChI is InChI=1S/C18H21ClF3N3S.2ClH/c1-2-3-17-23-13(12-26-17)11-24-6-8-25(9-7-24)14-4-5-16(19)15(10-14)18(20,21)22;;/h4-5,10,12H,2-3,6-9,11H2,1H3;2*1H. The van der Waals surface area contributed by atoms with Crippen molar-refractivity contribution in [1.29, 1.82) is 0 Å². The lowest BCUT2D eigenvalue weighted by atomic mass is 10.1. The summed E-state index contributed by atoms with van der Waals surface area (Å²) in [6, 6.07) is 4.14. The first-order valence-corrected chi connectivity index (χ1v) is 9.90. The lowest BCUT2D eigenvalue weighted by molar-refractivity contribution is -0.137. The first-order valence-electron chi connectivity index (χ1n) is 8.64. The summed E-state index contributed by atoms with van der Waals surface area (Å²) in [6.07, 6.45) is -2.33. The normalized spacial score (nSPS) is 15.1. The molecule has 1 fully saturated rings. The van der Waals surface area contributed by atoms with Gasteiger partial charge in [0.25, 0.3) is 0 Å². The molecule has 1 saturated heterocycles. The summed E-state index contributed by atoms with van der Waals surface area (Å²) in [6.45, 7) is 5.90. The van der Waals surface area contributed by atoms with Crippen LogP contribution in [0.5, 0.6) is 0 Å². The Morgan fingerprint density at radius 2 is 1.82 bits per heavy atom. The van der Waals surface area contributed by atoms with Crippen molar-refractivity contribution in [1.82, 2.24) is 9.88 Å². The number of thiazole rings is 1. The topological polar surface area (TPSA) is 19.4 Å². The lowest BCUT2D eigenvalue weighted by Crippen LogP contribution is -2.46. The molecule has 0 unspecified atom stereocenters. The fraction of sp³-hybridized carbons (Fsp3) is 0.500. The number of hydrogen-bond acceptors (Lipinski definition) is 4. The van der Waals surface area contributed by atoms with Gasteiger partial charge in [-0.05, 0) is 31.0 Å². The third-order valence-corrected chi connectivity index (χ3v) is 5.73. The highest BCUT2D eigenvalue weighted by molar-refractivity contribution is 7.09. The first kappa shape index (κ1) is 25.3. The molecular weight excluding hydrogens is 454 g/mol. The van der Waals surface area contributed by atoms with Gasteiger partial charge in [-0.2, -0.15) is 13.2 Å². The van der Waals surface area contributed by atoms with Crippen LogP contribution in [-0.4, -0.2) is 36.1 Å². The summed E-state index contributed by atoms with van der Waals surface area (Å²) in [5.41, 5.74) is 0.878. The van der Waals surface area contributed by atoms with Crippen LogP contribution in [0, 0.1) is 0 Å². The molecule has 0 bridgehead atoms. The number of hydrogen-bond donors (Lipinski definition) is 0. The molecule has 1 aliphatic rings. The molecule has 1 aromatic heterocycles. The van der Waals surface area contributed by atoms with Gasteiger partial charge in [-0.25, -0.2) is 4.98 Å². The molecule has 10 heteroatoms. The second kappa shape index (κ2) is 10.9. The molecule has 0 atom stereocenters. The summed E-state index contributed by atoms with van der Waals surface area (Å²) >= 11 is 7.40. The minimum atomic E-state index is -4.43.